The molecule has 1 aliphatic carbocycles. The third-order valence-electron chi connectivity index (χ3n) is 6.39. The highest BCUT2D eigenvalue weighted by Crippen LogP contribution is 2.42. The molecular formula is C22H21ClN6O. The maximum Gasteiger partial charge on any atom is 0.257 e. The van der Waals surface area contributed by atoms with Crippen LogP contribution in [-0.2, 0) is 13.1 Å². The molecule has 0 saturated heterocycles. The lowest BCUT2D eigenvalue weighted by atomic mass is 9.79. The second kappa shape index (κ2) is 7.18. The number of benzene rings is 1. The molecule has 0 spiro atoms. The van der Waals surface area contributed by atoms with Crippen molar-refractivity contribution in [2.45, 2.75) is 50.6 Å². The monoisotopic (exact) mass is 420 g/mol. The van der Waals surface area contributed by atoms with Crippen molar-refractivity contribution in [1.82, 2.24) is 30.2 Å². The molecule has 7 nitrogen and oxygen atoms in total. The van der Waals surface area contributed by atoms with Crippen molar-refractivity contribution in [3.8, 4) is 5.69 Å². The minimum absolute atomic E-state index is 0.375. The lowest BCUT2D eigenvalue weighted by Crippen LogP contribution is -2.17. The summed E-state index contributed by atoms with van der Waals surface area (Å²) < 4.78 is 7.68. The Kier molecular flexibility index (Phi) is 4.32. The summed E-state index contributed by atoms with van der Waals surface area (Å²) in [6.07, 6.45) is 5.94. The molecule has 0 amide bonds. The van der Waals surface area contributed by atoms with Crippen molar-refractivity contribution >= 4 is 22.7 Å². The molecular weight excluding hydrogens is 400 g/mol. The molecule has 0 unspecified atom stereocenters. The van der Waals surface area contributed by atoms with Gasteiger partial charge in [0.25, 0.3) is 5.71 Å². The van der Waals surface area contributed by atoms with Crippen molar-refractivity contribution in [1.29, 1.82) is 0 Å². The second-order valence-corrected chi connectivity index (χ2v) is 8.60. The smallest absolute Gasteiger partial charge is 0.257 e. The van der Waals surface area contributed by atoms with Gasteiger partial charge in [-0.1, -0.05) is 16.8 Å². The van der Waals surface area contributed by atoms with E-state index in [2.05, 4.69) is 36.3 Å². The van der Waals surface area contributed by atoms with Crippen molar-refractivity contribution in [3.63, 3.8) is 0 Å². The van der Waals surface area contributed by atoms with Gasteiger partial charge in [0.2, 0.25) is 0 Å². The van der Waals surface area contributed by atoms with E-state index in [1.807, 2.05) is 24.3 Å². The molecule has 8 heteroatoms. The summed E-state index contributed by atoms with van der Waals surface area (Å²) in [6.45, 7) is 1.48. The molecule has 1 N–H and O–H groups in total. The van der Waals surface area contributed by atoms with Crippen LogP contribution in [-0.4, -0.2) is 24.9 Å². The molecule has 4 heterocycles. The first-order valence-electron chi connectivity index (χ1n) is 10.4. The molecule has 1 aliphatic heterocycles. The maximum absolute atomic E-state index is 6.24. The average Bonchev–Trinajstić information content (AvgIpc) is 3.34. The average molecular weight is 421 g/mol. The summed E-state index contributed by atoms with van der Waals surface area (Å²) in [5.41, 5.74) is 3.98. The van der Waals surface area contributed by atoms with Crippen LogP contribution in [0.5, 0.6) is 0 Å². The lowest BCUT2D eigenvalue weighted by molar-refractivity contribution is 0.359. The van der Waals surface area contributed by atoms with E-state index in [0.717, 1.165) is 65.7 Å². The van der Waals surface area contributed by atoms with Crippen LogP contribution in [0, 0.1) is 0 Å². The van der Waals surface area contributed by atoms with Gasteiger partial charge in [-0.3, -0.25) is 4.57 Å². The van der Waals surface area contributed by atoms with Gasteiger partial charge in [-0.25, -0.2) is 4.98 Å². The summed E-state index contributed by atoms with van der Waals surface area (Å²) in [7, 11) is 0. The van der Waals surface area contributed by atoms with Gasteiger partial charge in [0, 0.05) is 29.6 Å². The van der Waals surface area contributed by atoms with Gasteiger partial charge < -0.3 is 9.84 Å². The Hall–Kier alpha value is -2.77. The molecule has 3 aromatic heterocycles. The van der Waals surface area contributed by atoms with E-state index in [4.69, 9.17) is 16.1 Å². The highest BCUT2D eigenvalue weighted by Gasteiger charge is 2.31. The summed E-state index contributed by atoms with van der Waals surface area (Å²) in [5, 5.41) is 18.7. The Morgan fingerprint density at radius 3 is 2.80 bits per heavy atom. The fraction of sp³-hybridized carbons (Fsp3) is 0.364. The Morgan fingerprint density at radius 1 is 1.03 bits per heavy atom. The third-order valence-corrected chi connectivity index (χ3v) is 6.63. The first-order valence-corrected chi connectivity index (χ1v) is 10.8. The molecule has 0 bridgehead atoms. The Labute approximate surface area is 178 Å². The third kappa shape index (κ3) is 2.92. The second-order valence-electron chi connectivity index (χ2n) is 8.16. The quantitative estimate of drug-likeness (QED) is 0.514. The van der Waals surface area contributed by atoms with E-state index in [1.54, 1.807) is 6.20 Å². The van der Waals surface area contributed by atoms with Crippen LogP contribution >= 0.6 is 11.6 Å². The Bertz CT molecular complexity index is 1220. The first-order chi connectivity index (χ1) is 14.8. The predicted octanol–water partition coefficient (Wildman–Crippen LogP) is 4.50. The van der Waals surface area contributed by atoms with Crippen LogP contribution in [0.4, 0.5) is 0 Å². The Morgan fingerprint density at radius 2 is 1.90 bits per heavy atom. The van der Waals surface area contributed by atoms with E-state index in [1.165, 1.54) is 5.56 Å². The minimum atomic E-state index is 0.375. The molecule has 4 aromatic rings. The standard InChI is InChI=1S/C22H21ClN6O/c23-16-7-8-18-15(10-16)11-24-12-19-26-27-21(29(18)19)14-5-3-13(4-6-14)20-17-2-1-9-25-22(17)30-28-20/h1-2,7-10,13-14,24H,3-6,11-12H2/t13-,14-. The van der Waals surface area contributed by atoms with E-state index in [0.29, 0.717) is 24.1 Å². The van der Waals surface area contributed by atoms with Crippen LogP contribution in [0.25, 0.3) is 16.8 Å². The molecule has 6 rings (SSSR count). The number of pyridine rings is 1. The van der Waals surface area contributed by atoms with Crippen molar-refractivity contribution in [3.05, 3.63) is 64.5 Å². The van der Waals surface area contributed by atoms with Crippen LogP contribution in [0.1, 0.15) is 60.4 Å². The fourth-order valence-corrected chi connectivity index (χ4v) is 5.11. The van der Waals surface area contributed by atoms with Crippen LogP contribution in [0.3, 0.4) is 0 Å². The molecule has 0 radical (unpaired) electrons. The number of aromatic nitrogens is 5. The molecule has 1 fully saturated rings. The summed E-state index contributed by atoms with van der Waals surface area (Å²) >= 11 is 6.24. The number of hydrogen-bond donors (Lipinski definition) is 1. The zero-order valence-electron chi connectivity index (χ0n) is 16.4. The molecule has 2 aliphatic rings. The number of nitrogens with zero attached hydrogens (tertiary/aromatic N) is 5. The minimum Gasteiger partial charge on any atom is -0.336 e. The van der Waals surface area contributed by atoms with E-state index in [-0.39, 0.29) is 0 Å². The van der Waals surface area contributed by atoms with Crippen molar-refractivity contribution < 1.29 is 4.52 Å². The number of hydrogen-bond acceptors (Lipinski definition) is 6. The van der Waals surface area contributed by atoms with Gasteiger partial charge >= 0.3 is 0 Å². The largest absolute Gasteiger partial charge is 0.336 e. The molecule has 152 valence electrons. The zero-order chi connectivity index (χ0) is 20.1. The SMILES string of the molecule is Clc1ccc2c(c1)CNCc1nnc([C@H]3CC[C@H](c4noc5ncccc54)CC3)n1-2. The van der Waals surface area contributed by atoms with Gasteiger partial charge in [0.05, 0.1) is 23.3 Å². The van der Waals surface area contributed by atoms with Crippen LogP contribution in [0.15, 0.2) is 41.1 Å². The van der Waals surface area contributed by atoms with Crippen LogP contribution < -0.4 is 5.32 Å². The van der Waals surface area contributed by atoms with E-state index in [9.17, 15) is 0 Å². The predicted molar refractivity (Wildman–Crippen MR) is 113 cm³/mol. The van der Waals surface area contributed by atoms with Crippen molar-refractivity contribution in [2.75, 3.05) is 0 Å². The summed E-state index contributed by atoms with van der Waals surface area (Å²) in [4.78, 5) is 4.27. The molecule has 1 aromatic carbocycles. The lowest BCUT2D eigenvalue weighted by Gasteiger charge is -2.27. The molecule has 1 saturated carbocycles. The summed E-state index contributed by atoms with van der Waals surface area (Å²) in [6, 6.07) is 10.1. The molecule has 0 atom stereocenters. The number of fused-ring (bicyclic) bond motifs is 4. The number of halogens is 1. The van der Waals surface area contributed by atoms with Gasteiger partial charge in [0.15, 0.2) is 5.82 Å². The number of nitrogens with one attached hydrogen (secondary N) is 1. The van der Waals surface area contributed by atoms with Gasteiger partial charge in [-0.05, 0) is 61.6 Å². The topological polar surface area (TPSA) is 81.7 Å². The van der Waals surface area contributed by atoms with Gasteiger partial charge in [-0.15, -0.1) is 10.2 Å². The Balaban J connectivity index is 1.29. The first kappa shape index (κ1) is 18.0. The van der Waals surface area contributed by atoms with Gasteiger partial charge in [-0.2, -0.15) is 0 Å². The van der Waals surface area contributed by atoms with E-state index >= 15 is 0 Å². The molecule has 30 heavy (non-hydrogen) atoms. The summed E-state index contributed by atoms with van der Waals surface area (Å²) in [5.74, 6) is 2.79. The maximum atomic E-state index is 6.24. The van der Waals surface area contributed by atoms with Gasteiger partial charge in [0.1, 0.15) is 5.82 Å². The van der Waals surface area contributed by atoms with E-state index < -0.39 is 0 Å². The highest BCUT2D eigenvalue weighted by atomic mass is 35.5. The van der Waals surface area contributed by atoms with Crippen LogP contribution in [0.2, 0.25) is 5.02 Å². The normalized spacial score (nSPS) is 21.2. The fourth-order valence-electron chi connectivity index (χ4n) is 4.91. The highest BCUT2D eigenvalue weighted by molar-refractivity contribution is 6.30. The zero-order valence-corrected chi connectivity index (χ0v) is 17.1. The van der Waals surface area contributed by atoms with Crippen molar-refractivity contribution in [2.24, 2.45) is 0 Å². The number of rotatable bonds is 2.